The van der Waals surface area contributed by atoms with Crippen LogP contribution in [0.15, 0.2) is 12.1 Å². The van der Waals surface area contributed by atoms with E-state index in [2.05, 4.69) is 6.92 Å². The van der Waals surface area contributed by atoms with E-state index in [9.17, 15) is 9.18 Å². The van der Waals surface area contributed by atoms with Gasteiger partial charge in [0, 0.05) is 20.2 Å². The van der Waals surface area contributed by atoms with Gasteiger partial charge in [0.1, 0.15) is 0 Å². The predicted molar refractivity (Wildman–Crippen MR) is 89.6 cm³/mol. The van der Waals surface area contributed by atoms with E-state index in [0.29, 0.717) is 31.0 Å². The minimum atomic E-state index is -0.528. The molecule has 0 saturated heterocycles. The zero-order chi connectivity index (χ0) is 17.3. The third kappa shape index (κ3) is 3.14. The van der Waals surface area contributed by atoms with Gasteiger partial charge in [-0.2, -0.15) is 0 Å². The summed E-state index contributed by atoms with van der Waals surface area (Å²) in [7, 11) is 3.18. The van der Waals surface area contributed by atoms with E-state index in [-0.39, 0.29) is 17.2 Å². The maximum absolute atomic E-state index is 14.4. The highest BCUT2D eigenvalue weighted by Crippen LogP contribution is 2.35. The topological polar surface area (TPSA) is 38.8 Å². The van der Waals surface area contributed by atoms with Crippen LogP contribution in [0, 0.1) is 17.7 Å². The molecule has 5 heteroatoms. The molecule has 4 nitrogen and oxygen atoms in total. The van der Waals surface area contributed by atoms with E-state index < -0.39 is 5.82 Å². The standard InChI is InChI=1S/C19H26FNO3/c1-12(23-2)14-6-4-13(5-7-14)10-21-11-15-8-9-16(24-3)18(20)17(15)19(21)22/h8-9,12-14H,4-7,10-11H2,1-3H3/t12-,13-,14-/m0/s1. The van der Waals surface area contributed by atoms with Gasteiger partial charge in [0.15, 0.2) is 11.6 Å². The summed E-state index contributed by atoms with van der Waals surface area (Å²) in [6, 6.07) is 3.40. The molecule has 0 aromatic heterocycles. The first-order valence-electron chi connectivity index (χ1n) is 8.72. The second kappa shape index (κ2) is 7.09. The Morgan fingerprint density at radius 1 is 1.25 bits per heavy atom. The smallest absolute Gasteiger partial charge is 0.257 e. The third-order valence-corrected chi connectivity index (χ3v) is 5.68. The molecular formula is C19H26FNO3. The van der Waals surface area contributed by atoms with Gasteiger partial charge in [-0.1, -0.05) is 6.07 Å². The Morgan fingerprint density at radius 2 is 1.96 bits per heavy atom. The first-order valence-corrected chi connectivity index (χ1v) is 8.72. The van der Waals surface area contributed by atoms with Gasteiger partial charge in [0.25, 0.3) is 5.91 Å². The highest BCUT2D eigenvalue weighted by atomic mass is 19.1. The lowest BCUT2D eigenvalue weighted by Gasteiger charge is -2.33. The van der Waals surface area contributed by atoms with Gasteiger partial charge in [-0.25, -0.2) is 4.39 Å². The maximum Gasteiger partial charge on any atom is 0.257 e. The Labute approximate surface area is 142 Å². The highest BCUT2D eigenvalue weighted by Gasteiger charge is 2.34. The number of nitrogens with zero attached hydrogens (tertiary/aromatic N) is 1. The first kappa shape index (κ1) is 17.2. The van der Waals surface area contributed by atoms with Crippen molar-refractivity contribution in [1.82, 2.24) is 4.90 Å². The molecule has 0 spiro atoms. The fourth-order valence-corrected chi connectivity index (χ4v) is 4.04. The second-order valence-electron chi connectivity index (χ2n) is 7.02. The number of methoxy groups -OCH3 is 2. The summed E-state index contributed by atoms with van der Waals surface area (Å²) in [4.78, 5) is 14.4. The largest absolute Gasteiger partial charge is 0.494 e. The van der Waals surface area contributed by atoms with Gasteiger partial charge in [0.2, 0.25) is 0 Å². The van der Waals surface area contributed by atoms with E-state index >= 15 is 0 Å². The minimum absolute atomic E-state index is 0.137. The number of halogens is 1. The molecule has 1 amide bonds. The van der Waals surface area contributed by atoms with Crippen LogP contribution in [0.25, 0.3) is 0 Å². The van der Waals surface area contributed by atoms with Gasteiger partial charge in [-0.05, 0) is 56.1 Å². The van der Waals surface area contributed by atoms with Crippen LogP contribution in [0.3, 0.4) is 0 Å². The summed E-state index contributed by atoms with van der Waals surface area (Å²) >= 11 is 0. The zero-order valence-electron chi connectivity index (χ0n) is 14.7. The van der Waals surface area contributed by atoms with Crippen LogP contribution >= 0.6 is 0 Å². The predicted octanol–water partition coefficient (Wildman–Crippen LogP) is 3.63. The molecule has 24 heavy (non-hydrogen) atoms. The number of carbonyl (C=O) groups excluding carboxylic acids is 1. The van der Waals surface area contributed by atoms with Gasteiger partial charge in [-0.3, -0.25) is 4.79 Å². The van der Waals surface area contributed by atoms with Crippen molar-refractivity contribution in [2.45, 2.75) is 45.3 Å². The summed E-state index contributed by atoms with van der Waals surface area (Å²) in [5, 5.41) is 0. The lowest BCUT2D eigenvalue weighted by molar-refractivity contribution is 0.0381. The number of fused-ring (bicyclic) bond motifs is 1. The minimum Gasteiger partial charge on any atom is -0.494 e. The van der Waals surface area contributed by atoms with Crippen LogP contribution in [-0.2, 0) is 11.3 Å². The van der Waals surface area contributed by atoms with E-state index in [4.69, 9.17) is 9.47 Å². The number of hydrogen-bond acceptors (Lipinski definition) is 3. The molecule has 0 bridgehead atoms. The van der Waals surface area contributed by atoms with Gasteiger partial charge in [-0.15, -0.1) is 0 Å². The van der Waals surface area contributed by atoms with Crippen molar-refractivity contribution in [3.8, 4) is 5.75 Å². The summed E-state index contributed by atoms with van der Waals surface area (Å²) in [5.74, 6) is 0.514. The van der Waals surface area contributed by atoms with Gasteiger partial charge in [0.05, 0.1) is 18.8 Å². The van der Waals surface area contributed by atoms with E-state index in [1.807, 2.05) is 0 Å². The van der Waals surface area contributed by atoms with Crippen molar-refractivity contribution in [3.05, 3.63) is 29.1 Å². The van der Waals surface area contributed by atoms with Gasteiger partial charge < -0.3 is 14.4 Å². The number of rotatable bonds is 5. The van der Waals surface area contributed by atoms with Crippen molar-refractivity contribution < 1.29 is 18.7 Å². The number of amides is 1. The molecule has 1 aromatic carbocycles. The second-order valence-corrected chi connectivity index (χ2v) is 7.02. The Hall–Kier alpha value is -1.62. The molecule has 132 valence electrons. The molecule has 2 aliphatic rings. The fourth-order valence-electron chi connectivity index (χ4n) is 4.04. The number of benzene rings is 1. The van der Waals surface area contributed by atoms with Crippen LogP contribution in [0.2, 0.25) is 0 Å². The average molecular weight is 335 g/mol. The van der Waals surface area contributed by atoms with Crippen molar-refractivity contribution in [2.75, 3.05) is 20.8 Å². The molecule has 1 aromatic rings. The monoisotopic (exact) mass is 335 g/mol. The van der Waals surface area contributed by atoms with Crippen LogP contribution in [-0.4, -0.2) is 37.7 Å². The van der Waals surface area contributed by atoms with Crippen molar-refractivity contribution in [2.24, 2.45) is 11.8 Å². The fraction of sp³-hybridized carbons (Fsp3) is 0.632. The highest BCUT2D eigenvalue weighted by molar-refractivity contribution is 5.99. The Morgan fingerprint density at radius 3 is 2.58 bits per heavy atom. The summed E-state index contributed by atoms with van der Waals surface area (Å²) < 4.78 is 24.8. The Kier molecular flexibility index (Phi) is 5.09. The molecule has 1 heterocycles. The van der Waals surface area contributed by atoms with E-state index in [1.165, 1.54) is 7.11 Å². The molecule has 1 aliphatic heterocycles. The molecule has 3 rings (SSSR count). The number of hydrogen-bond donors (Lipinski definition) is 0. The van der Waals surface area contributed by atoms with E-state index in [0.717, 1.165) is 31.2 Å². The van der Waals surface area contributed by atoms with Crippen molar-refractivity contribution in [1.29, 1.82) is 0 Å². The summed E-state index contributed by atoms with van der Waals surface area (Å²) in [5.41, 5.74) is 0.955. The molecule has 1 saturated carbocycles. The number of carbonyl (C=O) groups is 1. The molecular weight excluding hydrogens is 309 g/mol. The number of ether oxygens (including phenoxy) is 2. The van der Waals surface area contributed by atoms with Crippen molar-refractivity contribution in [3.63, 3.8) is 0 Å². The summed E-state index contributed by atoms with van der Waals surface area (Å²) in [6.07, 6.45) is 4.77. The van der Waals surface area contributed by atoms with Crippen LogP contribution in [0.4, 0.5) is 4.39 Å². The lowest BCUT2D eigenvalue weighted by atomic mass is 9.79. The maximum atomic E-state index is 14.4. The SMILES string of the molecule is COc1ccc2c(c1F)C(=O)N(C[C@H]1CC[C@H]([C@H](C)OC)CC1)C2. The summed E-state index contributed by atoms with van der Waals surface area (Å²) in [6.45, 7) is 3.34. The molecule has 1 aliphatic carbocycles. The van der Waals surface area contributed by atoms with Gasteiger partial charge >= 0.3 is 0 Å². The van der Waals surface area contributed by atoms with Crippen LogP contribution < -0.4 is 4.74 Å². The normalized spacial score (nSPS) is 24.8. The average Bonchev–Trinajstić information content (AvgIpc) is 2.92. The van der Waals surface area contributed by atoms with E-state index in [1.54, 1.807) is 24.1 Å². The Balaban J connectivity index is 1.62. The molecule has 0 unspecified atom stereocenters. The molecule has 0 N–H and O–H groups in total. The quantitative estimate of drug-likeness (QED) is 0.825. The third-order valence-electron chi connectivity index (χ3n) is 5.68. The zero-order valence-corrected chi connectivity index (χ0v) is 14.7. The van der Waals surface area contributed by atoms with Crippen LogP contribution in [0.5, 0.6) is 5.75 Å². The molecule has 1 atom stereocenters. The lowest BCUT2D eigenvalue weighted by Crippen LogP contribution is -2.33. The Bertz CT molecular complexity index is 611. The molecule has 0 radical (unpaired) electrons. The first-order chi connectivity index (χ1) is 11.5. The molecule has 1 fully saturated rings. The van der Waals surface area contributed by atoms with Crippen molar-refractivity contribution >= 4 is 5.91 Å². The van der Waals surface area contributed by atoms with Crippen LogP contribution in [0.1, 0.15) is 48.5 Å².